The van der Waals surface area contributed by atoms with E-state index >= 15 is 0 Å². The molecule has 28 heavy (non-hydrogen) atoms. The number of carbonyl (C=O) groups is 1. The third kappa shape index (κ3) is 3.89. The summed E-state index contributed by atoms with van der Waals surface area (Å²) >= 11 is 5.88. The first-order chi connectivity index (χ1) is 13.6. The van der Waals surface area contributed by atoms with Crippen molar-refractivity contribution in [1.29, 1.82) is 0 Å². The monoisotopic (exact) mass is 390 g/mol. The molecule has 0 saturated carbocycles. The first-order valence-corrected chi connectivity index (χ1v) is 9.43. The molecule has 3 heterocycles. The van der Waals surface area contributed by atoms with Crippen LogP contribution in [0.5, 0.6) is 0 Å². The van der Waals surface area contributed by atoms with Crippen molar-refractivity contribution in [2.24, 2.45) is 0 Å². The number of fused-ring (bicyclic) bond motifs is 1. The van der Waals surface area contributed by atoms with Gasteiger partial charge in [0.05, 0.1) is 5.69 Å². The third-order valence-electron chi connectivity index (χ3n) is 4.62. The van der Waals surface area contributed by atoms with Gasteiger partial charge in [0, 0.05) is 41.3 Å². The molecule has 1 aliphatic rings. The summed E-state index contributed by atoms with van der Waals surface area (Å²) in [7, 11) is 0. The number of rotatable bonds is 3. The number of hydrogen-bond donors (Lipinski definition) is 1. The van der Waals surface area contributed by atoms with Gasteiger partial charge in [-0.25, -0.2) is 9.97 Å². The number of aromatic nitrogens is 3. The van der Waals surface area contributed by atoms with E-state index in [0.29, 0.717) is 10.7 Å². The summed E-state index contributed by atoms with van der Waals surface area (Å²) in [5, 5.41) is 3.23. The van der Waals surface area contributed by atoms with Crippen LogP contribution in [0, 0.1) is 0 Å². The van der Waals surface area contributed by atoms with E-state index in [1.165, 1.54) is 6.20 Å². The van der Waals surface area contributed by atoms with Crippen LogP contribution in [0.1, 0.15) is 35.4 Å². The maximum Gasteiger partial charge on any atom is 0.255 e. The van der Waals surface area contributed by atoms with Crippen molar-refractivity contribution in [3.8, 4) is 11.3 Å². The zero-order valence-electron chi connectivity index (χ0n) is 15.3. The molecule has 3 aromatic rings. The SMILES string of the molecule is CC1CC=C(NC(=O)c2ccnc(Cl)c2)C=Cn2cc(-c3ccccc3)nc21. The molecule has 140 valence electrons. The van der Waals surface area contributed by atoms with Crippen LogP contribution in [-0.2, 0) is 0 Å². The topological polar surface area (TPSA) is 59.8 Å². The smallest absolute Gasteiger partial charge is 0.255 e. The summed E-state index contributed by atoms with van der Waals surface area (Å²) in [5.74, 6) is 0.992. The zero-order chi connectivity index (χ0) is 19.5. The maximum atomic E-state index is 12.5. The molecular formula is C22H19ClN4O. The van der Waals surface area contributed by atoms with Crippen LogP contribution < -0.4 is 5.32 Å². The fraction of sp³-hybridized carbons (Fsp3) is 0.136. The minimum Gasteiger partial charge on any atom is -0.322 e. The van der Waals surface area contributed by atoms with Crippen molar-refractivity contribution in [2.75, 3.05) is 0 Å². The van der Waals surface area contributed by atoms with Crippen molar-refractivity contribution in [2.45, 2.75) is 19.3 Å². The Morgan fingerprint density at radius 3 is 2.86 bits per heavy atom. The van der Waals surface area contributed by atoms with Crippen molar-refractivity contribution in [3.05, 3.63) is 89.2 Å². The van der Waals surface area contributed by atoms with Gasteiger partial charge in [-0.05, 0) is 24.6 Å². The Morgan fingerprint density at radius 1 is 1.25 bits per heavy atom. The Morgan fingerprint density at radius 2 is 2.07 bits per heavy atom. The number of benzene rings is 1. The average Bonchev–Trinajstić information content (AvgIpc) is 3.13. The lowest BCUT2D eigenvalue weighted by atomic mass is 10.1. The van der Waals surface area contributed by atoms with E-state index in [0.717, 1.165) is 29.2 Å². The van der Waals surface area contributed by atoms with Crippen LogP contribution in [0.4, 0.5) is 0 Å². The van der Waals surface area contributed by atoms with Gasteiger partial charge in [0.2, 0.25) is 0 Å². The zero-order valence-corrected chi connectivity index (χ0v) is 16.1. The van der Waals surface area contributed by atoms with Crippen molar-refractivity contribution in [1.82, 2.24) is 19.9 Å². The molecular weight excluding hydrogens is 372 g/mol. The molecule has 0 radical (unpaired) electrons. The van der Waals surface area contributed by atoms with Gasteiger partial charge in [-0.1, -0.05) is 54.9 Å². The molecule has 0 fully saturated rings. The first-order valence-electron chi connectivity index (χ1n) is 9.05. The van der Waals surface area contributed by atoms with Gasteiger partial charge in [-0.3, -0.25) is 4.79 Å². The number of nitrogens with one attached hydrogen (secondary N) is 1. The second-order valence-corrected chi connectivity index (χ2v) is 7.08. The number of imidazole rings is 1. The largest absolute Gasteiger partial charge is 0.322 e. The number of nitrogens with zero attached hydrogens (tertiary/aromatic N) is 3. The minimum absolute atomic E-state index is 0.213. The number of hydrogen-bond acceptors (Lipinski definition) is 3. The summed E-state index contributed by atoms with van der Waals surface area (Å²) in [6, 6.07) is 13.3. The lowest BCUT2D eigenvalue weighted by molar-refractivity contribution is 0.0967. The molecule has 0 aliphatic carbocycles. The third-order valence-corrected chi connectivity index (χ3v) is 4.83. The Hall–Kier alpha value is -3.18. The summed E-state index contributed by atoms with van der Waals surface area (Å²) in [6.45, 7) is 2.13. The molecule has 2 aromatic heterocycles. The van der Waals surface area contributed by atoms with Gasteiger partial charge >= 0.3 is 0 Å². The van der Waals surface area contributed by atoms with E-state index in [4.69, 9.17) is 16.6 Å². The van der Waals surface area contributed by atoms with E-state index in [1.807, 2.05) is 59.4 Å². The molecule has 0 bridgehead atoms. The summed E-state index contributed by atoms with van der Waals surface area (Å²) in [5.41, 5.74) is 3.23. The Balaban J connectivity index is 1.58. The molecule has 1 aromatic carbocycles. The van der Waals surface area contributed by atoms with Crippen LogP contribution in [0.15, 0.2) is 72.7 Å². The number of halogens is 1. The number of carbonyl (C=O) groups excluding carboxylic acids is 1. The van der Waals surface area contributed by atoms with Gasteiger partial charge in [0.25, 0.3) is 5.91 Å². The van der Waals surface area contributed by atoms with Crippen molar-refractivity contribution in [3.63, 3.8) is 0 Å². The highest BCUT2D eigenvalue weighted by atomic mass is 35.5. The highest BCUT2D eigenvalue weighted by molar-refractivity contribution is 6.29. The van der Waals surface area contributed by atoms with E-state index in [-0.39, 0.29) is 11.8 Å². The highest BCUT2D eigenvalue weighted by Gasteiger charge is 2.16. The number of allylic oxidation sites excluding steroid dienone is 2. The van der Waals surface area contributed by atoms with Crippen LogP contribution in [0.25, 0.3) is 17.5 Å². The van der Waals surface area contributed by atoms with Gasteiger partial charge in [0.1, 0.15) is 11.0 Å². The van der Waals surface area contributed by atoms with E-state index < -0.39 is 0 Å². The summed E-state index contributed by atoms with van der Waals surface area (Å²) in [6.07, 6.45) is 10.1. The second-order valence-electron chi connectivity index (χ2n) is 6.69. The summed E-state index contributed by atoms with van der Waals surface area (Å²) in [4.78, 5) is 21.2. The molecule has 0 spiro atoms. The number of pyridine rings is 1. The van der Waals surface area contributed by atoms with E-state index in [9.17, 15) is 4.79 Å². The fourth-order valence-electron chi connectivity index (χ4n) is 3.12. The molecule has 1 amide bonds. The van der Waals surface area contributed by atoms with Crippen molar-refractivity contribution >= 4 is 23.7 Å². The highest BCUT2D eigenvalue weighted by Crippen LogP contribution is 2.26. The maximum absolute atomic E-state index is 12.5. The molecule has 1 aliphatic heterocycles. The summed E-state index contributed by atoms with van der Waals surface area (Å²) < 4.78 is 2.02. The first kappa shape index (κ1) is 18.2. The Bertz CT molecular complexity index is 1070. The Kier molecular flexibility index (Phi) is 5.08. The standard InChI is InChI=1S/C22H19ClN4O/c1-15-7-8-18(25-22(28)17-9-11-24-20(23)13-17)10-12-27-14-19(26-21(15)27)16-5-3-2-4-6-16/h2-6,8-15H,7H2,1H3,(H,25,28). The molecule has 1 N–H and O–H groups in total. The second kappa shape index (κ2) is 7.82. The molecule has 0 saturated heterocycles. The quantitative estimate of drug-likeness (QED) is 0.647. The molecule has 4 rings (SSSR count). The van der Waals surface area contributed by atoms with Crippen LogP contribution in [0.3, 0.4) is 0 Å². The minimum atomic E-state index is -0.218. The normalized spacial score (nSPS) is 15.9. The van der Waals surface area contributed by atoms with Crippen molar-refractivity contribution < 1.29 is 4.79 Å². The molecule has 5 nitrogen and oxygen atoms in total. The van der Waals surface area contributed by atoms with Gasteiger partial charge < -0.3 is 9.88 Å². The fourth-order valence-corrected chi connectivity index (χ4v) is 3.29. The van der Waals surface area contributed by atoms with Gasteiger partial charge in [0.15, 0.2) is 0 Å². The average molecular weight is 391 g/mol. The van der Waals surface area contributed by atoms with Crippen LogP contribution >= 0.6 is 11.6 Å². The Labute approximate surface area is 168 Å². The predicted octanol–water partition coefficient (Wildman–Crippen LogP) is 4.89. The molecule has 6 heteroatoms. The lowest BCUT2D eigenvalue weighted by Gasteiger charge is -2.14. The van der Waals surface area contributed by atoms with Crippen LogP contribution in [-0.4, -0.2) is 20.4 Å². The molecule has 1 atom stereocenters. The lowest BCUT2D eigenvalue weighted by Crippen LogP contribution is -2.22. The van der Waals surface area contributed by atoms with Gasteiger partial charge in [-0.15, -0.1) is 0 Å². The molecule has 1 unspecified atom stereocenters. The van der Waals surface area contributed by atoms with E-state index in [2.05, 4.69) is 17.2 Å². The van der Waals surface area contributed by atoms with Gasteiger partial charge in [-0.2, -0.15) is 0 Å². The van der Waals surface area contributed by atoms with Crippen LogP contribution in [0.2, 0.25) is 5.15 Å². The van der Waals surface area contributed by atoms with E-state index in [1.54, 1.807) is 12.1 Å². The predicted molar refractivity (Wildman–Crippen MR) is 111 cm³/mol. The number of amides is 1.